The SMILES string of the molecule is CN(CCO)C(=O)c1ccc(C(=O)NCc2ccc(Cl)cc2)c(=O)[nH]1. The van der Waals surface area contributed by atoms with Crippen molar-refractivity contribution in [1.29, 1.82) is 0 Å². The van der Waals surface area contributed by atoms with Crippen molar-refractivity contribution in [3.63, 3.8) is 0 Å². The second kappa shape index (κ2) is 8.46. The van der Waals surface area contributed by atoms with Gasteiger partial charge in [0.15, 0.2) is 0 Å². The lowest BCUT2D eigenvalue weighted by atomic mass is 10.2. The van der Waals surface area contributed by atoms with Crippen LogP contribution in [-0.2, 0) is 6.54 Å². The van der Waals surface area contributed by atoms with Gasteiger partial charge in [0.2, 0.25) is 0 Å². The smallest absolute Gasteiger partial charge is 0.270 e. The second-order valence-corrected chi connectivity index (χ2v) is 5.81. The number of nitrogens with zero attached hydrogens (tertiary/aromatic N) is 1. The molecule has 1 heterocycles. The van der Waals surface area contributed by atoms with Crippen LogP contribution in [0.25, 0.3) is 0 Å². The van der Waals surface area contributed by atoms with Crippen LogP contribution in [0.2, 0.25) is 5.02 Å². The minimum absolute atomic E-state index is 0.0511. The molecule has 0 radical (unpaired) electrons. The van der Waals surface area contributed by atoms with Gasteiger partial charge in [0.25, 0.3) is 17.4 Å². The monoisotopic (exact) mass is 363 g/mol. The Kier molecular flexibility index (Phi) is 6.32. The molecular formula is C17H18ClN3O4. The topological polar surface area (TPSA) is 102 Å². The van der Waals surface area contributed by atoms with E-state index in [4.69, 9.17) is 16.7 Å². The Morgan fingerprint density at radius 2 is 1.88 bits per heavy atom. The van der Waals surface area contributed by atoms with Gasteiger partial charge in [-0.3, -0.25) is 14.4 Å². The number of hydrogen-bond acceptors (Lipinski definition) is 4. The normalized spacial score (nSPS) is 10.4. The van der Waals surface area contributed by atoms with E-state index in [1.807, 2.05) is 0 Å². The molecule has 0 fully saturated rings. The number of pyridine rings is 1. The maximum atomic E-state index is 12.1. The quantitative estimate of drug-likeness (QED) is 0.713. The molecule has 8 heteroatoms. The molecule has 0 aliphatic rings. The molecular weight excluding hydrogens is 346 g/mol. The largest absolute Gasteiger partial charge is 0.395 e. The van der Waals surface area contributed by atoms with Crippen LogP contribution in [-0.4, -0.2) is 47.0 Å². The summed E-state index contributed by atoms with van der Waals surface area (Å²) < 4.78 is 0. The summed E-state index contributed by atoms with van der Waals surface area (Å²) in [4.78, 5) is 39.9. The number of carbonyl (C=O) groups excluding carboxylic acids is 2. The lowest BCUT2D eigenvalue weighted by molar-refractivity contribution is 0.0760. The van der Waals surface area contributed by atoms with Crippen molar-refractivity contribution in [2.75, 3.05) is 20.2 Å². The number of hydrogen-bond donors (Lipinski definition) is 3. The average Bonchev–Trinajstić information content (AvgIpc) is 2.60. The van der Waals surface area contributed by atoms with E-state index in [-0.39, 0.29) is 31.0 Å². The molecule has 1 aromatic carbocycles. The first-order valence-corrected chi connectivity index (χ1v) is 7.92. The van der Waals surface area contributed by atoms with Gasteiger partial charge in [-0.25, -0.2) is 0 Å². The molecule has 0 saturated heterocycles. The van der Waals surface area contributed by atoms with Gasteiger partial charge in [-0.1, -0.05) is 23.7 Å². The summed E-state index contributed by atoms with van der Waals surface area (Å²) in [7, 11) is 1.50. The minimum Gasteiger partial charge on any atom is -0.395 e. The fraction of sp³-hybridized carbons (Fsp3) is 0.235. The Morgan fingerprint density at radius 1 is 1.20 bits per heavy atom. The van der Waals surface area contributed by atoms with E-state index in [9.17, 15) is 14.4 Å². The van der Waals surface area contributed by atoms with Crippen LogP contribution >= 0.6 is 11.6 Å². The van der Waals surface area contributed by atoms with Crippen molar-refractivity contribution in [3.05, 3.63) is 68.6 Å². The average molecular weight is 364 g/mol. The number of aromatic nitrogens is 1. The number of rotatable bonds is 6. The van der Waals surface area contributed by atoms with Gasteiger partial charge in [-0.15, -0.1) is 0 Å². The maximum Gasteiger partial charge on any atom is 0.270 e. The Balaban J connectivity index is 2.06. The number of nitrogens with one attached hydrogen (secondary N) is 2. The lowest BCUT2D eigenvalue weighted by Gasteiger charge is -2.15. The second-order valence-electron chi connectivity index (χ2n) is 5.37. The number of benzene rings is 1. The molecule has 0 aliphatic carbocycles. The molecule has 0 aliphatic heterocycles. The molecule has 1 aromatic heterocycles. The maximum absolute atomic E-state index is 12.1. The molecule has 0 atom stereocenters. The van der Waals surface area contributed by atoms with E-state index in [2.05, 4.69) is 10.3 Å². The highest BCUT2D eigenvalue weighted by Gasteiger charge is 2.16. The molecule has 0 bridgehead atoms. The van der Waals surface area contributed by atoms with E-state index in [1.54, 1.807) is 24.3 Å². The first-order chi connectivity index (χ1) is 11.9. The zero-order valence-electron chi connectivity index (χ0n) is 13.6. The van der Waals surface area contributed by atoms with Gasteiger partial charge >= 0.3 is 0 Å². The van der Waals surface area contributed by atoms with Crippen LogP contribution in [0, 0.1) is 0 Å². The molecule has 2 aromatic rings. The molecule has 3 N–H and O–H groups in total. The van der Waals surface area contributed by atoms with Gasteiger partial charge in [-0.05, 0) is 29.8 Å². The molecule has 7 nitrogen and oxygen atoms in total. The number of amides is 2. The number of aromatic amines is 1. The molecule has 0 spiro atoms. The van der Waals surface area contributed by atoms with E-state index in [0.29, 0.717) is 5.02 Å². The highest BCUT2D eigenvalue weighted by molar-refractivity contribution is 6.30. The zero-order valence-corrected chi connectivity index (χ0v) is 14.3. The third kappa shape index (κ3) is 4.91. The Morgan fingerprint density at radius 3 is 2.48 bits per heavy atom. The van der Waals surface area contributed by atoms with Crippen molar-refractivity contribution in [3.8, 4) is 0 Å². The summed E-state index contributed by atoms with van der Waals surface area (Å²) in [6.45, 7) is 0.206. The first kappa shape index (κ1) is 18.7. The summed E-state index contributed by atoms with van der Waals surface area (Å²) in [6.07, 6.45) is 0. The van der Waals surface area contributed by atoms with Crippen LogP contribution in [0.1, 0.15) is 26.4 Å². The van der Waals surface area contributed by atoms with E-state index in [0.717, 1.165) is 5.56 Å². The lowest BCUT2D eigenvalue weighted by Crippen LogP contribution is -2.33. The highest BCUT2D eigenvalue weighted by Crippen LogP contribution is 2.09. The standard InChI is InChI=1S/C17H18ClN3O4/c1-21(8-9-22)17(25)14-7-6-13(16(24)20-14)15(23)19-10-11-2-4-12(18)5-3-11/h2-7,22H,8-10H2,1H3,(H,19,23)(H,20,24). The van der Waals surface area contributed by atoms with Crippen LogP contribution in [0.5, 0.6) is 0 Å². The van der Waals surface area contributed by atoms with E-state index < -0.39 is 17.4 Å². The Labute approximate surface area is 149 Å². The van der Waals surface area contributed by atoms with Crippen molar-refractivity contribution >= 4 is 23.4 Å². The summed E-state index contributed by atoms with van der Waals surface area (Å²) in [5.41, 5.74) is 0.147. The van der Waals surface area contributed by atoms with Crippen molar-refractivity contribution in [1.82, 2.24) is 15.2 Å². The van der Waals surface area contributed by atoms with Gasteiger partial charge in [-0.2, -0.15) is 0 Å². The Bertz CT molecular complexity index is 817. The summed E-state index contributed by atoms with van der Waals surface area (Å²) in [5.74, 6) is -0.988. The molecule has 0 saturated carbocycles. The predicted octanol–water partition coefficient (Wildman–Crippen LogP) is 1.02. The summed E-state index contributed by atoms with van der Waals surface area (Å²) >= 11 is 5.80. The summed E-state index contributed by atoms with van der Waals surface area (Å²) in [6, 6.07) is 9.63. The van der Waals surface area contributed by atoms with Crippen molar-refractivity contribution in [2.45, 2.75) is 6.54 Å². The van der Waals surface area contributed by atoms with Crippen LogP contribution in [0.4, 0.5) is 0 Å². The number of H-pyrrole nitrogens is 1. The van der Waals surface area contributed by atoms with Crippen LogP contribution in [0.15, 0.2) is 41.2 Å². The van der Waals surface area contributed by atoms with E-state index in [1.165, 1.54) is 24.1 Å². The summed E-state index contributed by atoms with van der Waals surface area (Å²) in [5, 5.41) is 12.1. The minimum atomic E-state index is -0.656. The van der Waals surface area contributed by atoms with Gasteiger partial charge in [0.1, 0.15) is 11.3 Å². The zero-order chi connectivity index (χ0) is 18.4. The fourth-order valence-corrected chi connectivity index (χ4v) is 2.24. The molecule has 25 heavy (non-hydrogen) atoms. The fourth-order valence-electron chi connectivity index (χ4n) is 2.11. The van der Waals surface area contributed by atoms with E-state index >= 15 is 0 Å². The highest BCUT2D eigenvalue weighted by atomic mass is 35.5. The third-order valence-corrected chi connectivity index (χ3v) is 3.78. The number of halogens is 1. The predicted molar refractivity (Wildman–Crippen MR) is 93.7 cm³/mol. The van der Waals surface area contributed by atoms with Crippen molar-refractivity contribution in [2.24, 2.45) is 0 Å². The van der Waals surface area contributed by atoms with Gasteiger partial charge in [0.05, 0.1) is 6.61 Å². The number of aliphatic hydroxyl groups excluding tert-OH is 1. The van der Waals surface area contributed by atoms with Crippen molar-refractivity contribution < 1.29 is 14.7 Å². The third-order valence-electron chi connectivity index (χ3n) is 3.53. The molecule has 0 unspecified atom stereocenters. The number of aliphatic hydroxyl groups is 1. The Hall–Kier alpha value is -2.64. The molecule has 2 amide bonds. The number of carbonyl (C=O) groups is 2. The van der Waals surface area contributed by atoms with Gasteiger partial charge in [0, 0.05) is 25.2 Å². The molecule has 2 rings (SSSR count). The van der Waals surface area contributed by atoms with Crippen LogP contribution in [0.3, 0.4) is 0 Å². The van der Waals surface area contributed by atoms with Crippen LogP contribution < -0.4 is 10.9 Å². The number of likely N-dealkylation sites (N-methyl/N-ethyl adjacent to an activating group) is 1. The first-order valence-electron chi connectivity index (χ1n) is 7.54. The molecule has 132 valence electrons. The van der Waals surface area contributed by atoms with Gasteiger partial charge < -0.3 is 20.3 Å².